The fourth-order valence-electron chi connectivity index (χ4n) is 5.41. The zero-order chi connectivity index (χ0) is 33.7. The molecule has 0 bridgehead atoms. The standard InChI is InChI=1S/C38H41NO8/c1-2-14-31(40)39-32-36(45-24-27-17-8-4-9-18-27)35(43)37(47-38(32)46-25-28-19-10-5-11-20-28)34(42)33(41)29-21-12-13-22-30(29)44-23-26-15-6-3-7-16-26/h3-13,15-22,32,34-38,42-43H,2,14,23-25H2,1H3,(H,39,40)/t32-,34?,35+,36-,37-,38?/m1/s1/i1D. The van der Waals surface area contributed by atoms with Crippen molar-refractivity contribution >= 4 is 11.7 Å². The predicted molar refractivity (Wildman–Crippen MR) is 175 cm³/mol. The van der Waals surface area contributed by atoms with E-state index in [9.17, 15) is 19.8 Å². The number of ether oxygens (including phenoxy) is 4. The van der Waals surface area contributed by atoms with Gasteiger partial charge in [-0.15, -0.1) is 0 Å². The van der Waals surface area contributed by atoms with Crippen LogP contribution in [0.25, 0.3) is 0 Å². The van der Waals surface area contributed by atoms with Gasteiger partial charge >= 0.3 is 0 Å². The van der Waals surface area contributed by atoms with Crippen molar-refractivity contribution in [3.8, 4) is 5.75 Å². The molecule has 47 heavy (non-hydrogen) atoms. The average molecular weight is 641 g/mol. The fraction of sp³-hybridized carbons (Fsp3) is 0.316. The van der Waals surface area contributed by atoms with E-state index in [1.165, 1.54) is 0 Å². The highest BCUT2D eigenvalue weighted by Crippen LogP contribution is 2.31. The van der Waals surface area contributed by atoms with Crippen molar-refractivity contribution in [3.63, 3.8) is 0 Å². The molecule has 4 aromatic carbocycles. The van der Waals surface area contributed by atoms with E-state index in [-0.39, 0.29) is 50.4 Å². The summed E-state index contributed by atoms with van der Waals surface area (Å²) < 4.78 is 32.0. The maximum Gasteiger partial charge on any atom is 0.220 e. The van der Waals surface area contributed by atoms with Crippen molar-refractivity contribution < 1.29 is 40.1 Å². The van der Waals surface area contributed by atoms with Crippen LogP contribution in [0.4, 0.5) is 0 Å². The molecule has 1 aliphatic rings. The lowest BCUT2D eigenvalue weighted by molar-refractivity contribution is -0.287. The molecular weight excluding hydrogens is 598 g/mol. The summed E-state index contributed by atoms with van der Waals surface area (Å²) >= 11 is 0. The Hall–Kier alpha value is -4.38. The second-order valence-corrected chi connectivity index (χ2v) is 11.3. The third-order valence-corrected chi connectivity index (χ3v) is 7.85. The van der Waals surface area contributed by atoms with Crippen LogP contribution in [0.2, 0.25) is 0 Å². The molecule has 1 saturated heterocycles. The summed E-state index contributed by atoms with van der Waals surface area (Å²) in [5.41, 5.74) is 2.66. The molecule has 9 heteroatoms. The summed E-state index contributed by atoms with van der Waals surface area (Å²) in [5, 5.41) is 26.2. The molecule has 0 spiro atoms. The van der Waals surface area contributed by atoms with E-state index in [0.29, 0.717) is 6.42 Å². The maximum absolute atomic E-state index is 13.9. The molecule has 0 aromatic heterocycles. The summed E-state index contributed by atoms with van der Waals surface area (Å²) in [7, 11) is 0. The van der Waals surface area contributed by atoms with E-state index in [0.717, 1.165) is 16.7 Å². The lowest BCUT2D eigenvalue weighted by atomic mass is 9.90. The number of aliphatic hydroxyl groups is 2. The van der Waals surface area contributed by atoms with Crippen LogP contribution in [0.15, 0.2) is 115 Å². The summed E-state index contributed by atoms with van der Waals surface area (Å²) in [4.78, 5) is 26.8. The number of rotatable bonds is 15. The van der Waals surface area contributed by atoms with E-state index >= 15 is 0 Å². The van der Waals surface area contributed by atoms with Gasteiger partial charge in [-0.2, -0.15) is 0 Å². The lowest BCUT2D eigenvalue weighted by Crippen LogP contribution is -2.67. The molecule has 5 rings (SSSR count). The molecule has 4 aromatic rings. The monoisotopic (exact) mass is 640 g/mol. The molecule has 2 unspecified atom stereocenters. The van der Waals surface area contributed by atoms with Crippen LogP contribution in [0.3, 0.4) is 0 Å². The normalized spacial score (nSPS) is 21.7. The number of nitrogens with one attached hydrogen (secondary N) is 1. The Morgan fingerprint density at radius 1 is 0.809 bits per heavy atom. The summed E-state index contributed by atoms with van der Waals surface area (Å²) in [6, 6.07) is 33.7. The molecule has 3 N–H and O–H groups in total. The average Bonchev–Trinajstić information content (AvgIpc) is 3.13. The van der Waals surface area contributed by atoms with Crippen LogP contribution >= 0.6 is 0 Å². The summed E-state index contributed by atoms with van der Waals surface area (Å²) in [5.74, 6) is -0.822. The highest BCUT2D eigenvalue weighted by Gasteiger charge is 2.51. The molecule has 0 aliphatic carbocycles. The third kappa shape index (κ3) is 9.12. The quantitative estimate of drug-likeness (QED) is 0.156. The van der Waals surface area contributed by atoms with Crippen LogP contribution in [0, 0.1) is 0 Å². The van der Waals surface area contributed by atoms with E-state index in [1.807, 2.05) is 91.0 Å². The number of carbonyl (C=O) groups is 2. The number of hydrogen-bond acceptors (Lipinski definition) is 8. The minimum absolute atomic E-state index is 0.0694. The Bertz CT molecular complexity index is 1580. The van der Waals surface area contributed by atoms with Gasteiger partial charge in [-0.05, 0) is 35.2 Å². The number of benzene rings is 4. The second-order valence-electron chi connectivity index (χ2n) is 11.3. The Kier molecular flexibility index (Phi) is 11.8. The van der Waals surface area contributed by atoms with E-state index in [2.05, 4.69) is 5.32 Å². The highest BCUT2D eigenvalue weighted by molar-refractivity contribution is 6.02. The van der Waals surface area contributed by atoms with Gasteiger partial charge in [-0.25, -0.2) is 0 Å². The molecular formula is C38H41NO8. The van der Waals surface area contributed by atoms with Gasteiger partial charge in [-0.1, -0.05) is 110 Å². The van der Waals surface area contributed by atoms with Crippen LogP contribution in [-0.4, -0.2) is 58.7 Å². The van der Waals surface area contributed by atoms with Gasteiger partial charge in [-0.3, -0.25) is 9.59 Å². The summed E-state index contributed by atoms with van der Waals surface area (Å²) in [6.45, 7) is 0.432. The first kappa shape index (κ1) is 32.6. The van der Waals surface area contributed by atoms with Crippen molar-refractivity contribution in [2.24, 2.45) is 0 Å². The molecule has 0 saturated carbocycles. The SMILES string of the molecule is [2H]CCCC(=O)N[C@H]1C(OCc2ccccc2)O[C@H](C(O)C(=O)c2ccccc2OCc2ccccc2)[C@@H](O)[C@@H]1OCc1ccccc1. The van der Waals surface area contributed by atoms with Gasteiger partial charge in [0.15, 0.2) is 12.1 Å². The van der Waals surface area contributed by atoms with Gasteiger partial charge in [0.25, 0.3) is 0 Å². The van der Waals surface area contributed by atoms with Gasteiger partial charge in [0.05, 0.1) is 18.8 Å². The molecule has 9 nitrogen and oxygen atoms in total. The van der Waals surface area contributed by atoms with Crippen molar-refractivity contribution in [1.29, 1.82) is 0 Å². The Labute approximate surface area is 276 Å². The van der Waals surface area contributed by atoms with Gasteiger partial charge < -0.3 is 34.5 Å². The first-order valence-electron chi connectivity index (χ1n) is 16.4. The fourth-order valence-corrected chi connectivity index (χ4v) is 5.41. The zero-order valence-corrected chi connectivity index (χ0v) is 26.0. The Morgan fingerprint density at radius 3 is 1.98 bits per heavy atom. The molecule has 1 amide bonds. The molecule has 0 radical (unpaired) electrons. The minimum atomic E-state index is -1.84. The summed E-state index contributed by atoms with van der Waals surface area (Å²) in [6.07, 6.45) is -6.81. The van der Waals surface area contributed by atoms with Crippen LogP contribution < -0.4 is 10.1 Å². The number of ketones is 1. The van der Waals surface area contributed by atoms with Crippen LogP contribution in [0.1, 0.15) is 48.2 Å². The van der Waals surface area contributed by atoms with E-state index in [4.69, 9.17) is 20.3 Å². The smallest absolute Gasteiger partial charge is 0.220 e. The number of amides is 1. The topological polar surface area (TPSA) is 124 Å². The van der Waals surface area contributed by atoms with E-state index in [1.54, 1.807) is 24.3 Å². The number of para-hydroxylation sites is 1. The number of Topliss-reactive ketones (excluding diaryl/α,β-unsaturated/α-hetero) is 1. The highest BCUT2D eigenvalue weighted by atomic mass is 16.7. The number of hydrogen-bond donors (Lipinski definition) is 3. The largest absolute Gasteiger partial charge is 0.488 e. The van der Waals surface area contributed by atoms with Crippen molar-refractivity contribution in [2.45, 2.75) is 76.3 Å². The molecule has 1 fully saturated rings. The van der Waals surface area contributed by atoms with Gasteiger partial charge in [0.2, 0.25) is 5.91 Å². The van der Waals surface area contributed by atoms with Crippen molar-refractivity contribution in [2.75, 3.05) is 0 Å². The molecule has 1 heterocycles. The number of carbonyl (C=O) groups excluding carboxylic acids is 2. The molecule has 246 valence electrons. The minimum Gasteiger partial charge on any atom is -0.488 e. The van der Waals surface area contributed by atoms with Gasteiger partial charge in [0, 0.05) is 7.79 Å². The first-order valence-corrected chi connectivity index (χ1v) is 15.7. The Balaban J connectivity index is 1.42. The second kappa shape index (κ2) is 17.0. The first-order chi connectivity index (χ1) is 23.4. The van der Waals surface area contributed by atoms with E-state index < -0.39 is 42.5 Å². The van der Waals surface area contributed by atoms with Crippen molar-refractivity contribution in [3.05, 3.63) is 138 Å². The zero-order valence-electron chi connectivity index (χ0n) is 27.0. The molecule has 1 aliphatic heterocycles. The van der Waals surface area contributed by atoms with Gasteiger partial charge in [0.1, 0.15) is 42.8 Å². The van der Waals surface area contributed by atoms with Crippen molar-refractivity contribution in [1.82, 2.24) is 5.32 Å². The van der Waals surface area contributed by atoms with Crippen LogP contribution in [0.5, 0.6) is 5.75 Å². The molecule has 6 atom stereocenters. The lowest BCUT2D eigenvalue weighted by Gasteiger charge is -2.45. The van der Waals surface area contributed by atoms with Crippen LogP contribution in [-0.2, 0) is 38.8 Å². The predicted octanol–water partition coefficient (Wildman–Crippen LogP) is 4.98. The number of aliphatic hydroxyl groups excluding tert-OH is 2. The maximum atomic E-state index is 13.9. The third-order valence-electron chi connectivity index (χ3n) is 7.85. The Morgan fingerprint density at radius 2 is 1.36 bits per heavy atom.